The van der Waals surface area contributed by atoms with Crippen LogP contribution < -0.4 is 0 Å². The molecule has 0 aliphatic carbocycles. The summed E-state index contributed by atoms with van der Waals surface area (Å²) in [5.41, 5.74) is 0. The van der Waals surface area contributed by atoms with E-state index in [4.69, 9.17) is 0 Å². The van der Waals surface area contributed by atoms with Gasteiger partial charge in [-0.05, 0) is 25.8 Å². The second kappa shape index (κ2) is 4.95. The molecule has 2 fully saturated rings. The number of piperidine rings is 1. The molecule has 4 nitrogen and oxygen atoms in total. The summed E-state index contributed by atoms with van der Waals surface area (Å²) in [7, 11) is 0. The Balaban J connectivity index is 1.85. The lowest BCUT2D eigenvalue weighted by atomic mass is 10.0. The fourth-order valence-electron chi connectivity index (χ4n) is 2.71. The Labute approximate surface area is 96.6 Å². The van der Waals surface area contributed by atoms with E-state index in [1.165, 1.54) is 6.42 Å². The lowest BCUT2D eigenvalue weighted by Gasteiger charge is -2.36. The number of likely N-dealkylation sites (tertiary alicyclic amines) is 2. The third-order valence-electron chi connectivity index (χ3n) is 3.62. The van der Waals surface area contributed by atoms with Gasteiger partial charge in [0.05, 0.1) is 0 Å². The predicted molar refractivity (Wildman–Crippen MR) is 61.1 cm³/mol. The van der Waals surface area contributed by atoms with Crippen LogP contribution in [0.5, 0.6) is 0 Å². The summed E-state index contributed by atoms with van der Waals surface area (Å²) in [5.74, 6) is -0.440. The lowest BCUT2D eigenvalue weighted by Crippen LogP contribution is -2.46. The van der Waals surface area contributed by atoms with Gasteiger partial charge in [-0.2, -0.15) is 0 Å². The van der Waals surface area contributed by atoms with Gasteiger partial charge in [-0.15, -0.1) is 0 Å². The fraction of sp³-hybridized carbons (Fsp3) is 0.833. The molecule has 0 aromatic rings. The first-order chi connectivity index (χ1) is 7.72. The first-order valence-electron chi connectivity index (χ1n) is 6.28. The SMILES string of the molecule is CCCN1CCC(N2CCC(=O)C2=O)CC1. The number of amides is 1. The van der Waals surface area contributed by atoms with E-state index in [9.17, 15) is 9.59 Å². The van der Waals surface area contributed by atoms with Crippen LogP contribution in [-0.4, -0.2) is 53.7 Å². The third kappa shape index (κ3) is 2.26. The van der Waals surface area contributed by atoms with E-state index in [-0.39, 0.29) is 11.7 Å². The van der Waals surface area contributed by atoms with Gasteiger partial charge < -0.3 is 9.80 Å². The average Bonchev–Trinajstić information content (AvgIpc) is 2.62. The zero-order chi connectivity index (χ0) is 11.5. The van der Waals surface area contributed by atoms with Crippen LogP contribution in [0.3, 0.4) is 0 Å². The summed E-state index contributed by atoms with van der Waals surface area (Å²) in [5, 5.41) is 0. The van der Waals surface area contributed by atoms with E-state index in [1.807, 2.05) is 0 Å². The Bertz CT molecular complexity index is 283. The third-order valence-corrected chi connectivity index (χ3v) is 3.62. The van der Waals surface area contributed by atoms with Gasteiger partial charge in [0.25, 0.3) is 5.91 Å². The minimum Gasteiger partial charge on any atom is -0.333 e. The molecule has 2 heterocycles. The molecule has 0 N–H and O–H groups in total. The number of carbonyl (C=O) groups excluding carboxylic acids is 2. The van der Waals surface area contributed by atoms with Crippen LogP contribution in [0.25, 0.3) is 0 Å². The van der Waals surface area contributed by atoms with Gasteiger partial charge in [-0.25, -0.2) is 0 Å². The van der Waals surface area contributed by atoms with Crippen LogP contribution >= 0.6 is 0 Å². The molecule has 2 aliphatic rings. The molecule has 0 spiro atoms. The molecule has 2 rings (SSSR count). The van der Waals surface area contributed by atoms with E-state index < -0.39 is 0 Å². The molecule has 0 bridgehead atoms. The van der Waals surface area contributed by atoms with Crippen molar-refractivity contribution in [2.75, 3.05) is 26.2 Å². The highest BCUT2D eigenvalue weighted by molar-refractivity contribution is 6.37. The van der Waals surface area contributed by atoms with E-state index in [0.29, 0.717) is 19.0 Å². The molecule has 0 radical (unpaired) electrons. The summed E-state index contributed by atoms with van der Waals surface area (Å²) in [6.45, 7) is 6.12. The van der Waals surface area contributed by atoms with Crippen molar-refractivity contribution < 1.29 is 9.59 Å². The van der Waals surface area contributed by atoms with Gasteiger partial charge in [0.15, 0.2) is 0 Å². The van der Waals surface area contributed by atoms with E-state index in [2.05, 4.69) is 11.8 Å². The summed E-state index contributed by atoms with van der Waals surface area (Å²) >= 11 is 0. The van der Waals surface area contributed by atoms with Crippen molar-refractivity contribution in [3.8, 4) is 0 Å². The quantitative estimate of drug-likeness (QED) is 0.661. The van der Waals surface area contributed by atoms with Gasteiger partial charge in [0.2, 0.25) is 5.78 Å². The van der Waals surface area contributed by atoms with Crippen LogP contribution in [0.4, 0.5) is 0 Å². The van der Waals surface area contributed by atoms with Crippen molar-refractivity contribution in [2.45, 2.75) is 38.6 Å². The van der Waals surface area contributed by atoms with E-state index >= 15 is 0 Å². The van der Waals surface area contributed by atoms with Crippen molar-refractivity contribution in [2.24, 2.45) is 0 Å². The van der Waals surface area contributed by atoms with Crippen LogP contribution in [0.15, 0.2) is 0 Å². The van der Waals surface area contributed by atoms with Gasteiger partial charge in [0.1, 0.15) is 0 Å². The maximum absolute atomic E-state index is 11.6. The molecule has 16 heavy (non-hydrogen) atoms. The molecule has 4 heteroatoms. The smallest absolute Gasteiger partial charge is 0.290 e. The summed E-state index contributed by atoms with van der Waals surface area (Å²) in [6, 6.07) is 0.312. The number of rotatable bonds is 3. The standard InChI is InChI=1S/C12H20N2O2/c1-2-6-13-7-3-10(4-8-13)14-9-5-11(15)12(14)16/h10H,2-9H2,1H3. The Morgan fingerprint density at radius 1 is 1.19 bits per heavy atom. The Kier molecular flexibility index (Phi) is 3.59. The van der Waals surface area contributed by atoms with E-state index in [1.54, 1.807) is 4.90 Å². The fourth-order valence-corrected chi connectivity index (χ4v) is 2.71. The molecule has 1 amide bonds. The summed E-state index contributed by atoms with van der Waals surface area (Å²) in [6.07, 6.45) is 3.66. The van der Waals surface area contributed by atoms with Crippen LogP contribution in [0.2, 0.25) is 0 Å². The normalized spacial score (nSPS) is 24.4. The van der Waals surface area contributed by atoms with Crippen molar-refractivity contribution in [3.63, 3.8) is 0 Å². The lowest BCUT2D eigenvalue weighted by molar-refractivity contribution is -0.141. The van der Waals surface area contributed by atoms with E-state index in [0.717, 1.165) is 32.5 Å². The van der Waals surface area contributed by atoms with Gasteiger partial charge in [-0.3, -0.25) is 9.59 Å². The first kappa shape index (κ1) is 11.6. The number of ketones is 1. The zero-order valence-electron chi connectivity index (χ0n) is 9.95. The van der Waals surface area contributed by atoms with Gasteiger partial charge >= 0.3 is 0 Å². The molecule has 0 aromatic carbocycles. The van der Waals surface area contributed by atoms with Crippen LogP contribution in [-0.2, 0) is 9.59 Å². The van der Waals surface area contributed by atoms with Crippen molar-refractivity contribution >= 4 is 11.7 Å². The summed E-state index contributed by atoms with van der Waals surface area (Å²) in [4.78, 5) is 27.0. The highest BCUT2D eigenvalue weighted by Gasteiger charge is 2.35. The highest BCUT2D eigenvalue weighted by Crippen LogP contribution is 2.20. The van der Waals surface area contributed by atoms with Crippen molar-refractivity contribution in [1.82, 2.24) is 9.80 Å². The molecular weight excluding hydrogens is 204 g/mol. The molecule has 2 aliphatic heterocycles. The largest absolute Gasteiger partial charge is 0.333 e. The topological polar surface area (TPSA) is 40.6 Å². The molecule has 0 unspecified atom stereocenters. The van der Waals surface area contributed by atoms with Crippen molar-refractivity contribution in [1.29, 1.82) is 0 Å². The molecule has 0 atom stereocenters. The summed E-state index contributed by atoms with van der Waals surface area (Å²) < 4.78 is 0. The highest BCUT2D eigenvalue weighted by atomic mass is 16.2. The molecule has 0 saturated carbocycles. The first-order valence-corrected chi connectivity index (χ1v) is 6.28. The average molecular weight is 224 g/mol. The Morgan fingerprint density at radius 3 is 2.38 bits per heavy atom. The minimum atomic E-state index is -0.242. The van der Waals surface area contributed by atoms with Crippen LogP contribution in [0, 0.1) is 0 Å². The Hall–Kier alpha value is -0.900. The van der Waals surface area contributed by atoms with Crippen molar-refractivity contribution in [3.05, 3.63) is 0 Å². The zero-order valence-corrected chi connectivity index (χ0v) is 9.95. The number of hydrogen-bond acceptors (Lipinski definition) is 3. The predicted octanol–water partition coefficient (Wildman–Crippen LogP) is 0.662. The maximum atomic E-state index is 11.6. The molecule has 0 aromatic heterocycles. The maximum Gasteiger partial charge on any atom is 0.290 e. The molecule has 2 saturated heterocycles. The molecular formula is C12H20N2O2. The second-order valence-electron chi connectivity index (χ2n) is 4.74. The van der Waals surface area contributed by atoms with Crippen LogP contribution in [0.1, 0.15) is 32.6 Å². The Morgan fingerprint density at radius 2 is 1.88 bits per heavy atom. The number of nitrogens with zero attached hydrogens (tertiary/aromatic N) is 2. The molecule has 90 valence electrons. The number of Topliss-reactive ketones (excluding diaryl/α,β-unsaturated/α-hetero) is 1. The minimum absolute atomic E-state index is 0.198. The number of hydrogen-bond donors (Lipinski definition) is 0. The van der Waals surface area contributed by atoms with Gasteiger partial charge in [-0.1, -0.05) is 6.92 Å². The monoisotopic (exact) mass is 224 g/mol. The number of carbonyl (C=O) groups is 2. The second-order valence-corrected chi connectivity index (χ2v) is 4.74. The van der Waals surface area contributed by atoms with Gasteiger partial charge in [0, 0.05) is 32.1 Å².